The lowest BCUT2D eigenvalue weighted by atomic mass is 10.2. The molecule has 0 atom stereocenters. The van der Waals surface area contributed by atoms with E-state index in [2.05, 4.69) is 34.0 Å². The Labute approximate surface area is 57.4 Å². The lowest BCUT2D eigenvalue weighted by Gasteiger charge is -2.26. The molecule has 0 spiro atoms. The molecule has 1 N–H and O–H groups in total. The van der Waals surface area contributed by atoms with Crippen LogP contribution in [0.4, 0.5) is 0 Å². The van der Waals surface area contributed by atoms with E-state index in [0.717, 1.165) is 0 Å². The summed E-state index contributed by atoms with van der Waals surface area (Å²) in [4.78, 5) is 1.88. The highest BCUT2D eigenvalue weighted by atomic mass is 15.2. The van der Waals surface area contributed by atoms with Gasteiger partial charge >= 0.3 is 0 Å². The van der Waals surface area contributed by atoms with Crippen LogP contribution < -0.4 is 0 Å². The van der Waals surface area contributed by atoms with Gasteiger partial charge in [-0.25, -0.2) is 0 Å². The van der Waals surface area contributed by atoms with Crippen molar-refractivity contribution >= 4 is 6.34 Å². The molecule has 0 rings (SSSR count). The van der Waals surface area contributed by atoms with Gasteiger partial charge in [0, 0.05) is 12.1 Å². The van der Waals surface area contributed by atoms with E-state index in [9.17, 15) is 0 Å². The van der Waals surface area contributed by atoms with Crippen LogP contribution in [0.2, 0.25) is 0 Å². The van der Waals surface area contributed by atoms with Crippen molar-refractivity contribution < 1.29 is 0 Å². The van der Waals surface area contributed by atoms with E-state index in [1.165, 1.54) is 0 Å². The molecule has 0 heterocycles. The van der Waals surface area contributed by atoms with Crippen LogP contribution >= 0.6 is 0 Å². The molecule has 0 bridgehead atoms. The molecule has 0 amide bonds. The Morgan fingerprint density at radius 1 is 1.11 bits per heavy atom. The predicted molar refractivity (Wildman–Crippen MR) is 39.8 cm³/mol. The van der Waals surface area contributed by atoms with Gasteiger partial charge in [-0.2, -0.15) is 0 Å². The molecular weight excluding hydrogens is 112 g/mol. The molecule has 0 aromatic rings. The summed E-state index contributed by atoms with van der Waals surface area (Å²) in [6, 6.07) is 0.782. The van der Waals surface area contributed by atoms with Crippen molar-refractivity contribution in [1.29, 1.82) is 5.41 Å². The molecule has 2 heteroatoms. The summed E-state index contributed by atoms with van der Waals surface area (Å²) in [7, 11) is 0. The number of hydrogen-bond donors (Lipinski definition) is 1. The molecule has 0 saturated heterocycles. The van der Waals surface area contributed by atoms with Crippen LogP contribution in [-0.4, -0.2) is 23.3 Å². The largest absolute Gasteiger partial charge is 0.349 e. The van der Waals surface area contributed by atoms with Crippen LogP contribution in [0.1, 0.15) is 27.7 Å². The van der Waals surface area contributed by atoms with E-state index >= 15 is 0 Å². The Kier molecular flexibility index (Phi) is 3.28. The first-order valence-electron chi connectivity index (χ1n) is 3.30. The SMILES string of the molecule is CC(C)N([C]=N)C(C)C. The molecule has 0 aliphatic carbocycles. The fourth-order valence-electron chi connectivity index (χ4n) is 0.854. The average Bonchev–Trinajstić information content (AvgIpc) is 1.64. The molecule has 0 aliphatic heterocycles. The van der Waals surface area contributed by atoms with Gasteiger partial charge in [0.2, 0.25) is 0 Å². The van der Waals surface area contributed by atoms with Crippen LogP contribution in [0, 0.1) is 5.41 Å². The van der Waals surface area contributed by atoms with Crippen molar-refractivity contribution in [3.63, 3.8) is 0 Å². The minimum atomic E-state index is 0.391. The molecule has 0 unspecified atom stereocenters. The number of nitrogens with zero attached hydrogens (tertiary/aromatic N) is 1. The van der Waals surface area contributed by atoms with Gasteiger partial charge in [-0.1, -0.05) is 0 Å². The monoisotopic (exact) mass is 127 g/mol. The molecule has 53 valence electrons. The van der Waals surface area contributed by atoms with Gasteiger partial charge in [-0.3, -0.25) is 5.41 Å². The van der Waals surface area contributed by atoms with E-state index in [1.54, 1.807) is 0 Å². The highest BCUT2D eigenvalue weighted by Gasteiger charge is 2.07. The third-order valence-corrected chi connectivity index (χ3v) is 1.24. The van der Waals surface area contributed by atoms with E-state index in [0.29, 0.717) is 12.1 Å². The Bertz CT molecular complexity index is 78.9. The lowest BCUT2D eigenvalue weighted by molar-refractivity contribution is 0.300. The summed E-state index contributed by atoms with van der Waals surface area (Å²) in [6.07, 6.45) is 2.38. The number of rotatable bonds is 3. The van der Waals surface area contributed by atoms with Crippen LogP contribution in [0.15, 0.2) is 0 Å². The predicted octanol–water partition coefficient (Wildman–Crippen LogP) is 1.59. The van der Waals surface area contributed by atoms with Gasteiger partial charge in [-0.15, -0.1) is 0 Å². The highest BCUT2D eigenvalue weighted by Crippen LogP contribution is 1.99. The summed E-state index contributed by atoms with van der Waals surface area (Å²) < 4.78 is 0. The molecule has 0 fully saturated rings. The van der Waals surface area contributed by atoms with Crippen LogP contribution in [0.25, 0.3) is 0 Å². The standard InChI is InChI=1S/C7H15N2/c1-6(2)9(5-8)7(3)4/h6-8H,1-4H3. The molecule has 0 aliphatic rings. The molecule has 9 heavy (non-hydrogen) atoms. The lowest BCUT2D eigenvalue weighted by Crippen LogP contribution is -2.35. The minimum Gasteiger partial charge on any atom is -0.349 e. The van der Waals surface area contributed by atoms with Crippen LogP contribution in [-0.2, 0) is 0 Å². The Morgan fingerprint density at radius 3 is 1.44 bits per heavy atom. The van der Waals surface area contributed by atoms with Gasteiger partial charge in [0.1, 0.15) is 0 Å². The molecular formula is C7H15N2. The fourth-order valence-corrected chi connectivity index (χ4v) is 0.854. The molecule has 2 nitrogen and oxygen atoms in total. The van der Waals surface area contributed by atoms with Gasteiger partial charge in [0.25, 0.3) is 0 Å². The zero-order chi connectivity index (χ0) is 7.44. The Hall–Kier alpha value is -0.530. The van der Waals surface area contributed by atoms with Crippen molar-refractivity contribution in [2.75, 3.05) is 0 Å². The third kappa shape index (κ3) is 2.49. The second-order valence-corrected chi connectivity index (χ2v) is 2.71. The zero-order valence-corrected chi connectivity index (χ0v) is 6.60. The van der Waals surface area contributed by atoms with Crippen molar-refractivity contribution in [2.45, 2.75) is 39.8 Å². The summed E-state index contributed by atoms with van der Waals surface area (Å²) in [5, 5.41) is 6.90. The zero-order valence-electron chi connectivity index (χ0n) is 6.60. The van der Waals surface area contributed by atoms with Gasteiger partial charge < -0.3 is 4.90 Å². The first-order valence-corrected chi connectivity index (χ1v) is 3.30. The van der Waals surface area contributed by atoms with Crippen molar-refractivity contribution in [3.05, 3.63) is 0 Å². The van der Waals surface area contributed by atoms with E-state index in [-0.39, 0.29) is 0 Å². The highest BCUT2D eigenvalue weighted by molar-refractivity contribution is 5.51. The topological polar surface area (TPSA) is 27.1 Å². The van der Waals surface area contributed by atoms with E-state index in [4.69, 9.17) is 5.41 Å². The molecule has 1 radical (unpaired) electrons. The maximum atomic E-state index is 6.90. The molecule has 0 aromatic heterocycles. The quantitative estimate of drug-likeness (QED) is 0.348. The first-order chi connectivity index (χ1) is 4.09. The normalized spacial score (nSPS) is 10.4. The summed E-state index contributed by atoms with van der Waals surface area (Å²) in [5.74, 6) is 0. The Balaban J connectivity index is 3.82. The van der Waals surface area contributed by atoms with E-state index < -0.39 is 0 Å². The summed E-state index contributed by atoms with van der Waals surface area (Å²) in [6.45, 7) is 8.23. The van der Waals surface area contributed by atoms with Crippen LogP contribution in [0.5, 0.6) is 0 Å². The summed E-state index contributed by atoms with van der Waals surface area (Å²) >= 11 is 0. The second-order valence-electron chi connectivity index (χ2n) is 2.71. The van der Waals surface area contributed by atoms with Gasteiger partial charge in [0.15, 0.2) is 6.34 Å². The van der Waals surface area contributed by atoms with Crippen molar-refractivity contribution in [2.24, 2.45) is 0 Å². The average molecular weight is 127 g/mol. The van der Waals surface area contributed by atoms with Gasteiger partial charge in [0.05, 0.1) is 0 Å². The van der Waals surface area contributed by atoms with Crippen LogP contribution in [0.3, 0.4) is 0 Å². The van der Waals surface area contributed by atoms with Crippen molar-refractivity contribution in [1.82, 2.24) is 4.90 Å². The maximum Gasteiger partial charge on any atom is 0.164 e. The number of nitrogens with one attached hydrogen (secondary N) is 1. The van der Waals surface area contributed by atoms with Crippen molar-refractivity contribution in [3.8, 4) is 0 Å². The first kappa shape index (κ1) is 8.47. The second kappa shape index (κ2) is 3.49. The molecule has 0 aromatic carbocycles. The number of hydrogen-bond acceptors (Lipinski definition) is 1. The maximum absolute atomic E-state index is 6.90. The minimum absolute atomic E-state index is 0.391. The fraction of sp³-hybridized carbons (Fsp3) is 0.857. The third-order valence-electron chi connectivity index (χ3n) is 1.24. The Morgan fingerprint density at radius 2 is 1.44 bits per heavy atom. The van der Waals surface area contributed by atoms with E-state index in [1.807, 2.05) is 4.90 Å². The smallest absolute Gasteiger partial charge is 0.164 e. The summed E-state index contributed by atoms with van der Waals surface area (Å²) in [5.41, 5.74) is 0. The van der Waals surface area contributed by atoms with Gasteiger partial charge in [-0.05, 0) is 27.7 Å². The molecule has 0 saturated carbocycles.